The average Bonchev–Trinajstić information content (AvgIpc) is 2.33. The van der Waals surface area contributed by atoms with Crippen LogP contribution in [0.1, 0.15) is 13.8 Å². The fraction of sp³-hybridized carbons (Fsp3) is 0.308. The summed E-state index contributed by atoms with van der Waals surface area (Å²) in [5, 5.41) is 0.653. The summed E-state index contributed by atoms with van der Waals surface area (Å²) in [4.78, 5) is 37.4. The fourth-order valence-corrected chi connectivity index (χ4v) is 2.01. The Labute approximate surface area is 118 Å². The third-order valence-electron chi connectivity index (χ3n) is 2.62. The minimum atomic E-state index is -0.675. The van der Waals surface area contributed by atoms with E-state index in [9.17, 15) is 14.4 Å². The van der Waals surface area contributed by atoms with Gasteiger partial charge >= 0.3 is 11.7 Å². The molecule has 0 radical (unpaired) electrons. The summed E-state index contributed by atoms with van der Waals surface area (Å²) < 4.78 is 6.13. The van der Waals surface area contributed by atoms with Gasteiger partial charge in [-0.05, 0) is 32.0 Å². The Balaban J connectivity index is 2.57. The minimum Gasteiger partial charge on any atom is -0.462 e. The largest absolute Gasteiger partial charge is 0.462 e. The molecule has 2 aromatic rings. The SMILES string of the molecule is CC(C)OC(=O)Cn1c(=O)[nH]c(=O)c2ccc(Cl)cc21. The first-order chi connectivity index (χ1) is 9.38. The standard InChI is InChI=1S/C13H13ClN2O4/c1-7(2)20-11(17)6-16-10-5-8(14)3-4-9(10)12(18)15-13(16)19/h3-5,7H,6H2,1-2H3,(H,15,18,19). The van der Waals surface area contributed by atoms with E-state index in [1.807, 2.05) is 0 Å². The highest BCUT2D eigenvalue weighted by molar-refractivity contribution is 6.31. The summed E-state index contributed by atoms with van der Waals surface area (Å²) in [7, 11) is 0. The Morgan fingerprint density at radius 1 is 1.40 bits per heavy atom. The van der Waals surface area contributed by atoms with Crippen LogP contribution in [0.4, 0.5) is 0 Å². The molecular formula is C13H13ClN2O4. The number of ether oxygens (including phenoxy) is 1. The maximum absolute atomic E-state index is 11.8. The molecule has 0 spiro atoms. The van der Waals surface area contributed by atoms with Crippen molar-refractivity contribution >= 4 is 28.5 Å². The average molecular weight is 297 g/mol. The second-order valence-electron chi connectivity index (χ2n) is 4.55. The van der Waals surface area contributed by atoms with E-state index >= 15 is 0 Å². The molecule has 0 fully saturated rings. The van der Waals surface area contributed by atoms with Gasteiger partial charge in [0.05, 0.1) is 17.0 Å². The molecule has 0 aliphatic heterocycles. The second-order valence-corrected chi connectivity index (χ2v) is 4.98. The lowest BCUT2D eigenvalue weighted by Gasteiger charge is -2.11. The summed E-state index contributed by atoms with van der Waals surface area (Å²) >= 11 is 5.87. The van der Waals surface area contributed by atoms with Crippen molar-refractivity contribution in [2.75, 3.05) is 0 Å². The van der Waals surface area contributed by atoms with E-state index in [-0.39, 0.29) is 18.0 Å². The molecule has 0 atom stereocenters. The number of aromatic amines is 1. The van der Waals surface area contributed by atoms with Crippen LogP contribution in [0.15, 0.2) is 27.8 Å². The van der Waals surface area contributed by atoms with E-state index in [1.165, 1.54) is 12.1 Å². The summed E-state index contributed by atoms with van der Waals surface area (Å²) in [6.45, 7) is 3.13. The number of H-pyrrole nitrogens is 1. The molecule has 1 aromatic carbocycles. The molecule has 1 N–H and O–H groups in total. The van der Waals surface area contributed by atoms with Crippen molar-refractivity contribution in [3.8, 4) is 0 Å². The molecular weight excluding hydrogens is 284 g/mol. The maximum Gasteiger partial charge on any atom is 0.329 e. The molecule has 0 saturated carbocycles. The summed E-state index contributed by atoms with van der Waals surface area (Å²) in [6.07, 6.45) is -0.282. The molecule has 0 aliphatic rings. The number of aromatic nitrogens is 2. The molecule has 0 amide bonds. The van der Waals surface area contributed by atoms with Crippen LogP contribution in [0.5, 0.6) is 0 Å². The van der Waals surface area contributed by atoms with E-state index in [1.54, 1.807) is 19.9 Å². The number of benzene rings is 1. The number of carbonyl (C=O) groups excluding carboxylic acids is 1. The van der Waals surface area contributed by atoms with Gasteiger partial charge in [-0.3, -0.25) is 19.1 Å². The molecule has 0 saturated heterocycles. The lowest BCUT2D eigenvalue weighted by molar-refractivity contribution is -0.148. The smallest absolute Gasteiger partial charge is 0.329 e. The van der Waals surface area contributed by atoms with Crippen molar-refractivity contribution in [2.24, 2.45) is 0 Å². The number of nitrogens with one attached hydrogen (secondary N) is 1. The van der Waals surface area contributed by atoms with Crippen LogP contribution in [-0.2, 0) is 16.1 Å². The van der Waals surface area contributed by atoms with Gasteiger partial charge in [0, 0.05) is 5.02 Å². The number of rotatable bonds is 3. The van der Waals surface area contributed by atoms with Crippen LogP contribution in [-0.4, -0.2) is 21.6 Å². The van der Waals surface area contributed by atoms with Gasteiger partial charge in [-0.2, -0.15) is 0 Å². The van der Waals surface area contributed by atoms with Gasteiger partial charge in [0.2, 0.25) is 0 Å². The van der Waals surface area contributed by atoms with E-state index in [0.29, 0.717) is 10.5 Å². The minimum absolute atomic E-state index is 0.282. The topological polar surface area (TPSA) is 81.2 Å². The molecule has 7 heteroatoms. The first-order valence-electron chi connectivity index (χ1n) is 6.00. The van der Waals surface area contributed by atoms with Gasteiger partial charge < -0.3 is 4.74 Å². The lowest BCUT2D eigenvalue weighted by atomic mass is 10.2. The van der Waals surface area contributed by atoms with Gasteiger partial charge in [0.1, 0.15) is 6.54 Å². The van der Waals surface area contributed by atoms with Crippen LogP contribution in [0.25, 0.3) is 10.9 Å². The quantitative estimate of drug-likeness (QED) is 0.866. The van der Waals surface area contributed by atoms with E-state index < -0.39 is 17.2 Å². The third kappa shape index (κ3) is 2.91. The van der Waals surface area contributed by atoms with Crippen molar-refractivity contribution in [3.63, 3.8) is 0 Å². The van der Waals surface area contributed by atoms with Crippen molar-refractivity contribution in [2.45, 2.75) is 26.5 Å². The van der Waals surface area contributed by atoms with Crippen LogP contribution >= 0.6 is 11.6 Å². The second kappa shape index (κ2) is 5.50. The fourth-order valence-electron chi connectivity index (χ4n) is 1.85. The zero-order valence-electron chi connectivity index (χ0n) is 11.0. The van der Waals surface area contributed by atoms with Gasteiger partial charge in [-0.15, -0.1) is 0 Å². The first kappa shape index (κ1) is 14.3. The number of hydrogen-bond acceptors (Lipinski definition) is 4. The predicted molar refractivity (Wildman–Crippen MR) is 75.1 cm³/mol. The highest BCUT2D eigenvalue weighted by atomic mass is 35.5. The maximum atomic E-state index is 11.8. The number of fused-ring (bicyclic) bond motifs is 1. The monoisotopic (exact) mass is 296 g/mol. The van der Waals surface area contributed by atoms with E-state index in [2.05, 4.69) is 4.98 Å². The van der Waals surface area contributed by atoms with Crippen molar-refractivity contribution in [3.05, 3.63) is 44.1 Å². The first-order valence-corrected chi connectivity index (χ1v) is 6.38. The van der Waals surface area contributed by atoms with Crippen molar-refractivity contribution in [1.82, 2.24) is 9.55 Å². The van der Waals surface area contributed by atoms with Crippen LogP contribution in [0, 0.1) is 0 Å². The van der Waals surface area contributed by atoms with Gasteiger partial charge in [-0.25, -0.2) is 4.79 Å². The van der Waals surface area contributed by atoms with Gasteiger partial charge in [-0.1, -0.05) is 11.6 Å². The molecule has 106 valence electrons. The predicted octanol–water partition coefficient (Wildman–Crippen LogP) is 1.29. The number of esters is 1. The van der Waals surface area contributed by atoms with Crippen LogP contribution in [0.3, 0.4) is 0 Å². The zero-order valence-corrected chi connectivity index (χ0v) is 11.7. The van der Waals surface area contributed by atoms with E-state index in [0.717, 1.165) is 4.57 Å². The zero-order chi connectivity index (χ0) is 14.9. The number of hydrogen-bond donors (Lipinski definition) is 1. The highest BCUT2D eigenvalue weighted by Gasteiger charge is 2.13. The Morgan fingerprint density at radius 3 is 2.75 bits per heavy atom. The molecule has 0 unspecified atom stereocenters. The van der Waals surface area contributed by atoms with Gasteiger partial charge in [0.25, 0.3) is 5.56 Å². The number of nitrogens with zero attached hydrogens (tertiary/aromatic N) is 1. The Kier molecular flexibility index (Phi) is 3.94. The van der Waals surface area contributed by atoms with E-state index in [4.69, 9.17) is 16.3 Å². The van der Waals surface area contributed by atoms with Crippen LogP contribution < -0.4 is 11.2 Å². The molecule has 0 aliphatic carbocycles. The highest BCUT2D eigenvalue weighted by Crippen LogP contribution is 2.15. The van der Waals surface area contributed by atoms with Gasteiger partial charge in [0.15, 0.2) is 0 Å². The van der Waals surface area contributed by atoms with Crippen molar-refractivity contribution < 1.29 is 9.53 Å². The normalized spacial score (nSPS) is 11.0. The van der Waals surface area contributed by atoms with Crippen molar-refractivity contribution in [1.29, 1.82) is 0 Å². The lowest BCUT2D eigenvalue weighted by Crippen LogP contribution is -2.33. The Bertz CT molecular complexity index is 776. The number of halogens is 1. The Morgan fingerprint density at radius 2 is 2.10 bits per heavy atom. The molecule has 1 heterocycles. The molecule has 20 heavy (non-hydrogen) atoms. The van der Waals surface area contributed by atoms with Crippen LogP contribution in [0.2, 0.25) is 5.02 Å². The summed E-state index contributed by atoms with van der Waals surface area (Å²) in [6, 6.07) is 4.51. The Hall–Kier alpha value is -2.08. The number of carbonyl (C=O) groups is 1. The summed E-state index contributed by atoms with van der Waals surface area (Å²) in [5.41, 5.74) is -0.896. The molecule has 0 bridgehead atoms. The summed E-state index contributed by atoms with van der Waals surface area (Å²) in [5.74, 6) is -0.560. The third-order valence-corrected chi connectivity index (χ3v) is 2.85. The molecule has 1 aromatic heterocycles. The molecule has 2 rings (SSSR count). The molecule has 6 nitrogen and oxygen atoms in total.